The number of para-hydroxylation sites is 1. The number of carbonyl (C=O) groups excluding carboxylic acids is 1. The lowest BCUT2D eigenvalue weighted by atomic mass is 10.0. The molecule has 3 nitrogen and oxygen atoms in total. The van der Waals surface area contributed by atoms with E-state index in [1.54, 1.807) is 6.07 Å². The molecular formula is C15H13NO2. The summed E-state index contributed by atoms with van der Waals surface area (Å²) in [5.41, 5.74) is 1.49. The van der Waals surface area contributed by atoms with E-state index in [4.69, 9.17) is 4.74 Å². The van der Waals surface area contributed by atoms with E-state index in [9.17, 15) is 4.79 Å². The minimum atomic E-state index is -0.813. The second kappa shape index (κ2) is 3.88. The lowest BCUT2D eigenvalue weighted by molar-refractivity contribution is -0.00267. The van der Waals surface area contributed by atoms with E-state index >= 15 is 0 Å². The Labute approximate surface area is 105 Å². The van der Waals surface area contributed by atoms with Crippen molar-refractivity contribution in [2.45, 2.75) is 12.6 Å². The smallest absolute Gasteiger partial charge is 0.342 e. The maximum absolute atomic E-state index is 12.0. The van der Waals surface area contributed by atoms with Crippen LogP contribution in [-0.2, 0) is 10.5 Å². The van der Waals surface area contributed by atoms with Gasteiger partial charge in [-0.25, -0.2) is 4.79 Å². The molecule has 1 atom stereocenters. The summed E-state index contributed by atoms with van der Waals surface area (Å²) in [5.74, 6) is -0.296. The number of anilines is 1. The fraction of sp³-hybridized carbons (Fsp3) is 0.133. The van der Waals surface area contributed by atoms with Crippen LogP contribution < -0.4 is 5.32 Å². The summed E-state index contributed by atoms with van der Waals surface area (Å²) in [6.07, 6.45) is 0. The van der Waals surface area contributed by atoms with E-state index in [1.807, 2.05) is 55.5 Å². The van der Waals surface area contributed by atoms with Gasteiger partial charge >= 0.3 is 5.97 Å². The molecule has 1 aliphatic rings. The van der Waals surface area contributed by atoms with Crippen LogP contribution in [0.15, 0.2) is 54.6 Å². The van der Waals surface area contributed by atoms with Crippen molar-refractivity contribution in [1.29, 1.82) is 0 Å². The van der Waals surface area contributed by atoms with Gasteiger partial charge in [0.15, 0.2) is 0 Å². The zero-order valence-corrected chi connectivity index (χ0v) is 10.0. The third-order valence-corrected chi connectivity index (χ3v) is 3.14. The van der Waals surface area contributed by atoms with Crippen molar-refractivity contribution >= 4 is 11.7 Å². The first kappa shape index (κ1) is 10.8. The van der Waals surface area contributed by atoms with Gasteiger partial charge in [0.25, 0.3) is 0 Å². The van der Waals surface area contributed by atoms with Crippen molar-refractivity contribution in [3.8, 4) is 0 Å². The summed E-state index contributed by atoms with van der Waals surface area (Å²) in [6, 6.07) is 17.0. The normalized spacial score (nSPS) is 21.7. The van der Waals surface area contributed by atoms with Crippen LogP contribution in [0.4, 0.5) is 5.69 Å². The Kier molecular flexibility index (Phi) is 2.33. The average molecular weight is 239 g/mol. The van der Waals surface area contributed by atoms with Crippen LogP contribution in [-0.4, -0.2) is 5.97 Å². The quantitative estimate of drug-likeness (QED) is 0.777. The minimum Gasteiger partial charge on any atom is -0.431 e. The molecule has 1 N–H and O–H groups in total. The molecule has 0 saturated heterocycles. The number of carbonyl (C=O) groups is 1. The topological polar surface area (TPSA) is 38.3 Å². The highest BCUT2D eigenvalue weighted by Gasteiger charge is 2.36. The summed E-state index contributed by atoms with van der Waals surface area (Å²) in [4.78, 5) is 12.0. The van der Waals surface area contributed by atoms with Crippen molar-refractivity contribution in [2.24, 2.45) is 0 Å². The second-order valence-corrected chi connectivity index (χ2v) is 4.46. The van der Waals surface area contributed by atoms with Gasteiger partial charge in [-0.1, -0.05) is 42.5 Å². The molecule has 90 valence electrons. The summed E-state index contributed by atoms with van der Waals surface area (Å²) in [6.45, 7) is 1.86. The highest BCUT2D eigenvalue weighted by atomic mass is 16.6. The second-order valence-electron chi connectivity index (χ2n) is 4.46. The number of rotatable bonds is 1. The third kappa shape index (κ3) is 1.64. The molecule has 2 aromatic carbocycles. The van der Waals surface area contributed by atoms with E-state index in [1.165, 1.54) is 0 Å². The zero-order chi connectivity index (χ0) is 12.6. The van der Waals surface area contributed by atoms with Crippen LogP contribution in [0.2, 0.25) is 0 Å². The predicted octanol–water partition coefficient (Wildman–Crippen LogP) is 3.14. The molecule has 1 heterocycles. The Balaban J connectivity index is 2.06. The van der Waals surface area contributed by atoms with Gasteiger partial charge in [-0.2, -0.15) is 0 Å². The van der Waals surface area contributed by atoms with Crippen molar-refractivity contribution in [1.82, 2.24) is 0 Å². The molecule has 0 radical (unpaired) electrons. The molecule has 2 aromatic rings. The Hall–Kier alpha value is -2.29. The molecule has 18 heavy (non-hydrogen) atoms. The summed E-state index contributed by atoms with van der Waals surface area (Å²) >= 11 is 0. The highest BCUT2D eigenvalue weighted by Crippen LogP contribution is 2.34. The molecule has 1 aliphatic heterocycles. The van der Waals surface area contributed by atoms with E-state index < -0.39 is 5.72 Å². The van der Waals surface area contributed by atoms with Crippen molar-refractivity contribution in [3.05, 3.63) is 65.7 Å². The molecule has 0 fully saturated rings. The number of nitrogens with one attached hydrogen (secondary N) is 1. The Morgan fingerprint density at radius 3 is 2.44 bits per heavy atom. The molecule has 0 amide bonds. The molecule has 0 bridgehead atoms. The first-order valence-electron chi connectivity index (χ1n) is 5.85. The number of benzene rings is 2. The standard InChI is InChI=1S/C15H13NO2/c1-15(11-7-3-2-4-8-11)16-13-10-6-5-9-12(13)14(17)18-15/h2-10,16H,1H3. The zero-order valence-electron chi connectivity index (χ0n) is 10.0. The molecule has 3 heteroatoms. The minimum absolute atomic E-state index is 0.296. The molecule has 0 aromatic heterocycles. The number of hydrogen-bond donors (Lipinski definition) is 1. The monoisotopic (exact) mass is 239 g/mol. The van der Waals surface area contributed by atoms with Gasteiger partial charge < -0.3 is 10.1 Å². The predicted molar refractivity (Wildman–Crippen MR) is 69.3 cm³/mol. The molecule has 0 saturated carbocycles. The Bertz CT molecular complexity index is 594. The number of esters is 1. The van der Waals surface area contributed by atoms with Crippen molar-refractivity contribution in [2.75, 3.05) is 5.32 Å². The highest BCUT2D eigenvalue weighted by molar-refractivity contribution is 5.97. The van der Waals surface area contributed by atoms with Crippen molar-refractivity contribution < 1.29 is 9.53 Å². The SMILES string of the molecule is CC1(c2ccccc2)Nc2ccccc2C(=O)O1. The molecule has 0 spiro atoms. The van der Waals surface area contributed by atoms with Crippen molar-refractivity contribution in [3.63, 3.8) is 0 Å². The van der Waals surface area contributed by atoms with Crippen LogP contribution in [0.1, 0.15) is 22.8 Å². The molecule has 1 unspecified atom stereocenters. The summed E-state index contributed by atoms with van der Waals surface area (Å²) < 4.78 is 5.54. The van der Waals surface area contributed by atoms with Crippen LogP contribution in [0.25, 0.3) is 0 Å². The van der Waals surface area contributed by atoms with E-state index in [0.29, 0.717) is 5.56 Å². The number of cyclic esters (lactones) is 1. The Morgan fingerprint density at radius 2 is 1.67 bits per heavy atom. The van der Waals surface area contributed by atoms with Gasteiger partial charge in [0.05, 0.1) is 11.3 Å². The fourth-order valence-corrected chi connectivity index (χ4v) is 2.18. The van der Waals surface area contributed by atoms with Gasteiger partial charge in [0.2, 0.25) is 5.72 Å². The Morgan fingerprint density at radius 1 is 1.00 bits per heavy atom. The van der Waals surface area contributed by atoms with E-state index in [2.05, 4.69) is 5.32 Å². The van der Waals surface area contributed by atoms with Gasteiger partial charge in [0, 0.05) is 5.56 Å². The van der Waals surface area contributed by atoms with Gasteiger partial charge in [-0.15, -0.1) is 0 Å². The number of fused-ring (bicyclic) bond motifs is 1. The van der Waals surface area contributed by atoms with Gasteiger partial charge in [0.1, 0.15) is 0 Å². The van der Waals surface area contributed by atoms with Gasteiger partial charge in [-0.3, -0.25) is 0 Å². The van der Waals surface area contributed by atoms with Crippen LogP contribution in [0.3, 0.4) is 0 Å². The van der Waals surface area contributed by atoms with Gasteiger partial charge in [-0.05, 0) is 19.1 Å². The summed E-state index contributed by atoms with van der Waals surface area (Å²) in [5, 5.41) is 3.28. The molecular weight excluding hydrogens is 226 g/mol. The maximum Gasteiger partial charge on any atom is 0.342 e. The fourth-order valence-electron chi connectivity index (χ4n) is 2.18. The summed E-state index contributed by atoms with van der Waals surface area (Å²) in [7, 11) is 0. The average Bonchev–Trinajstić information content (AvgIpc) is 2.40. The van der Waals surface area contributed by atoms with E-state index in [0.717, 1.165) is 11.3 Å². The first-order chi connectivity index (χ1) is 8.69. The largest absolute Gasteiger partial charge is 0.431 e. The lowest BCUT2D eigenvalue weighted by Crippen LogP contribution is -2.41. The lowest BCUT2D eigenvalue weighted by Gasteiger charge is -2.36. The molecule has 3 rings (SSSR count). The third-order valence-electron chi connectivity index (χ3n) is 3.14. The first-order valence-corrected chi connectivity index (χ1v) is 5.85. The van der Waals surface area contributed by atoms with E-state index in [-0.39, 0.29) is 5.97 Å². The maximum atomic E-state index is 12.0. The molecule has 0 aliphatic carbocycles. The van der Waals surface area contributed by atoms with Crippen LogP contribution >= 0.6 is 0 Å². The number of hydrogen-bond acceptors (Lipinski definition) is 3. The van der Waals surface area contributed by atoms with Crippen LogP contribution in [0, 0.1) is 0 Å². The van der Waals surface area contributed by atoms with Crippen LogP contribution in [0.5, 0.6) is 0 Å². The number of ether oxygens (including phenoxy) is 1.